The van der Waals surface area contributed by atoms with Crippen LogP contribution < -0.4 is 0 Å². The Morgan fingerprint density at radius 2 is 2.36 bits per heavy atom. The minimum atomic E-state index is 0.273. The number of nitrogens with zero attached hydrogens (tertiary/aromatic N) is 3. The number of furan rings is 1. The van der Waals surface area contributed by atoms with Crippen molar-refractivity contribution in [1.29, 1.82) is 0 Å². The van der Waals surface area contributed by atoms with E-state index in [1.165, 1.54) is 4.68 Å². The van der Waals surface area contributed by atoms with Crippen LogP contribution in [0.2, 0.25) is 0 Å². The van der Waals surface area contributed by atoms with E-state index >= 15 is 0 Å². The molecule has 0 saturated heterocycles. The van der Waals surface area contributed by atoms with Gasteiger partial charge in [0.2, 0.25) is 0 Å². The van der Waals surface area contributed by atoms with Crippen LogP contribution in [0, 0.1) is 0 Å². The molecule has 0 saturated carbocycles. The zero-order chi connectivity index (χ0) is 10.1. The molecule has 72 valence electrons. The number of halogens is 1. The molecule has 0 aliphatic heterocycles. The van der Waals surface area contributed by atoms with Crippen LogP contribution in [0.4, 0.5) is 0 Å². The zero-order valence-corrected chi connectivity index (χ0v) is 8.85. The third-order valence-electron chi connectivity index (χ3n) is 1.77. The molecule has 2 aromatic rings. The number of carbonyl (C=O) groups is 1. The van der Waals surface area contributed by atoms with E-state index in [1.54, 1.807) is 19.2 Å². The van der Waals surface area contributed by atoms with Crippen molar-refractivity contribution in [1.82, 2.24) is 15.0 Å². The van der Waals surface area contributed by atoms with Crippen molar-refractivity contribution in [2.24, 2.45) is 7.05 Å². The summed E-state index contributed by atoms with van der Waals surface area (Å²) in [7, 11) is 1.70. The van der Waals surface area contributed by atoms with Crippen LogP contribution in [0.5, 0.6) is 0 Å². The molecule has 2 heterocycles. The van der Waals surface area contributed by atoms with E-state index in [0.717, 1.165) is 0 Å². The van der Waals surface area contributed by atoms with Gasteiger partial charge in [-0.1, -0.05) is 5.21 Å². The summed E-state index contributed by atoms with van der Waals surface area (Å²) in [5, 5.41) is 7.42. The van der Waals surface area contributed by atoms with Gasteiger partial charge in [-0.05, 0) is 28.1 Å². The van der Waals surface area contributed by atoms with E-state index in [9.17, 15) is 4.79 Å². The molecule has 0 unspecified atom stereocenters. The maximum absolute atomic E-state index is 10.7. The molecule has 14 heavy (non-hydrogen) atoms. The second kappa shape index (κ2) is 3.38. The van der Waals surface area contributed by atoms with Crippen LogP contribution in [-0.4, -0.2) is 21.3 Å². The summed E-state index contributed by atoms with van der Waals surface area (Å²) >= 11 is 3.18. The molecule has 0 aliphatic carbocycles. The average molecular weight is 256 g/mol. The molecule has 0 amide bonds. The van der Waals surface area contributed by atoms with Crippen LogP contribution in [0.3, 0.4) is 0 Å². The molecule has 0 atom stereocenters. The number of aryl methyl sites for hydroxylation is 1. The van der Waals surface area contributed by atoms with Gasteiger partial charge in [0.1, 0.15) is 5.69 Å². The second-order valence-corrected chi connectivity index (χ2v) is 3.45. The topological polar surface area (TPSA) is 60.9 Å². The van der Waals surface area contributed by atoms with E-state index in [2.05, 4.69) is 26.2 Å². The number of aldehydes is 1. The van der Waals surface area contributed by atoms with Gasteiger partial charge >= 0.3 is 0 Å². The largest absolute Gasteiger partial charge is 0.448 e. The number of carbonyl (C=O) groups excluding carboxylic acids is 1. The van der Waals surface area contributed by atoms with Gasteiger partial charge in [0, 0.05) is 7.05 Å². The van der Waals surface area contributed by atoms with Crippen molar-refractivity contribution in [3.8, 4) is 11.5 Å². The molecular weight excluding hydrogens is 250 g/mol. The van der Waals surface area contributed by atoms with Crippen LogP contribution in [-0.2, 0) is 7.05 Å². The third kappa shape index (κ3) is 1.37. The molecule has 0 bridgehead atoms. The Morgan fingerprint density at radius 1 is 1.57 bits per heavy atom. The van der Waals surface area contributed by atoms with Crippen molar-refractivity contribution in [3.05, 3.63) is 22.5 Å². The first-order valence-electron chi connectivity index (χ1n) is 3.83. The van der Waals surface area contributed by atoms with Gasteiger partial charge in [-0.15, -0.1) is 5.10 Å². The Labute approximate surface area is 87.8 Å². The summed E-state index contributed by atoms with van der Waals surface area (Å²) in [6.45, 7) is 0. The van der Waals surface area contributed by atoms with Gasteiger partial charge in [0.05, 0.1) is 0 Å². The van der Waals surface area contributed by atoms with Crippen molar-refractivity contribution in [2.75, 3.05) is 0 Å². The first-order chi connectivity index (χ1) is 6.72. The fourth-order valence-electron chi connectivity index (χ4n) is 1.18. The maximum atomic E-state index is 10.7. The summed E-state index contributed by atoms with van der Waals surface area (Å²) in [4.78, 5) is 10.7. The van der Waals surface area contributed by atoms with Gasteiger partial charge in [-0.25, -0.2) is 4.68 Å². The molecule has 0 spiro atoms. The van der Waals surface area contributed by atoms with E-state index in [0.29, 0.717) is 22.4 Å². The molecule has 2 aromatic heterocycles. The highest BCUT2D eigenvalue weighted by Crippen LogP contribution is 2.25. The molecule has 2 rings (SSSR count). The lowest BCUT2D eigenvalue weighted by atomic mass is 10.3. The van der Waals surface area contributed by atoms with E-state index in [-0.39, 0.29) is 5.69 Å². The first kappa shape index (κ1) is 9.14. The van der Waals surface area contributed by atoms with Crippen LogP contribution in [0.25, 0.3) is 11.5 Å². The van der Waals surface area contributed by atoms with Gasteiger partial charge < -0.3 is 4.42 Å². The molecule has 0 aliphatic rings. The summed E-state index contributed by atoms with van der Waals surface area (Å²) in [5.74, 6) is 0.562. The lowest BCUT2D eigenvalue weighted by Crippen LogP contribution is -1.93. The molecule has 0 aromatic carbocycles. The molecule has 0 fully saturated rings. The predicted octanol–water partition coefficient (Wildman–Crippen LogP) is 1.65. The normalized spacial score (nSPS) is 10.4. The number of rotatable bonds is 2. The summed E-state index contributed by atoms with van der Waals surface area (Å²) < 4.78 is 7.41. The van der Waals surface area contributed by atoms with Crippen molar-refractivity contribution in [2.45, 2.75) is 0 Å². The fourth-order valence-corrected chi connectivity index (χ4v) is 1.49. The highest BCUT2D eigenvalue weighted by molar-refractivity contribution is 9.10. The van der Waals surface area contributed by atoms with Crippen molar-refractivity contribution in [3.63, 3.8) is 0 Å². The van der Waals surface area contributed by atoms with Crippen LogP contribution in [0.15, 0.2) is 21.2 Å². The highest BCUT2D eigenvalue weighted by atomic mass is 79.9. The van der Waals surface area contributed by atoms with Crippen LogP contribution >= 0.6 is 15.9 Å². The Morgan fingerprint density at radius 3 is 2.93 bits per heavy atom. The molecular formula is C8H6BrN3O2. The van der Waals surface area contributed by atoms with Crippen molar-refractivity contribution >= 4 is 22.2 Å². The predicted molar refractivity (Wildman–Crippen MR) is 51.8 cm³/mol. The Balaban J connectivity index is 2.59. The summed E-state index contributed by atoms with van der Waals surface area (Å²) in [6, 6.07) is 3.49. The van der Waals surface area contributed by atoms with E-state index in [1.807, 2.05) is 0 Å². The molecule has 0 radical (unpaired) electrons. The maximum Gasteiger partial charge on any atom is 0.172 e. The van der Waals surface area contributed by atoms with Gasteiger partial charge in [-0.2, -0.15) is 0 Å². The smallest absolute Gasteiger partial charge is 0.172 e. The van der Waals surface area contributed by atoms with E-state index < -0.39 is 0 Å². The quantitative estimate of drug-likeness (QED) is 0.766. The van der Waals surface area contributed by atoms with Gasteiger partial charge in [-0.3, -0.25) is 4.79 Å². The molecule has 0 N–H and O–H groups in total. The van der Waals surface area contributed by atoms with Gasteiger partial charge in [0.15, 0.2) is 22.4 Å². The summed E-state index contributed by atoms with van der Waals surface area (Å²) in [6.07, 6.45) is 0.652. The lowest BCUT2D eigenvalue weighted by molar-refractivity contribution is 0.111. The number of aromatic nitrogens is 3. The average Bonchev–Trinajstić information content (AvgIpc) is 2.71. The zero-order valence-electron chi connectivity index (χ0n) is 7.27. The Bertz CT molecular complexity index is 475. The SMILES string of the molecule is Cn1nnc(C=O)c1-c1ccc(Br)o1. The number of hydrogen-bond donors (Lipinski definition) is 0. The van der Waals surface area contributed by atoms with E-state index in [4.69, 9.17) is 4.42 Å². The van der Waals surface area contributed by atoms with Gasteiger partial charge in [0.25, 0.3) is 0 Å². The Kier molecular flexibility index (Phi) is 2.20. The highest BCUT2D eigenvalue weighted by Gasteiger charge is 2.15. The minimum Gasteiger partial charge on any atom is -0.448 e. The first-order valence-corrected chi connectivity index (χ1v) is 4.62. The van der Waals surface area contributed by atoms with Crippen molar-refractivity contribution < 1.29 is 9.21 Å². The monoisotopic (exact) mass is 255 g/mol. The Hall–Kier alpha value is -1.43. The standard InChI is InChI=1S/C8H6BrN3O2/c1-12-8(5(4-13)10-11-12)6-2-3-7(9)14-6/h2-4H,1H3. The second-order valence-electron chi connectivity index (χ2n) is 2.67. The third-order valence-corrected chi connectivity index (χ3v) is 2.20. The summed E-state index contributed by atoms with van der Waals surface area (Å²) in [5.41, 5.74) is 0.847. The fraction of sp³-hybridized carbons (Fsp3) is 0.125. The lowest BCUT2D eigenvalue weighted by Gasteiger charge is -1.95. The molecule has 6 heteroatoms. The number of hydrogen-bond acceptors (Lipinski definition) is 4. The molecule has 5 nitrogen and oxygen atoms in total. The minimum absolute atomic E-state index is 0.273. The van der Waals surface area contributed by atoms with Crippen LogP contribution in [0.1, 0.15) is 10.5 Å².